The van der Waals surface area contributed by atoms with Gasteiger partial charge in [0, 0.05) is 12.4 Å². The molecule has 1 aromatic carbocycles. The molecule has 0 radical (unpaired) electrons. The number of amides is 1. The number of nitrogens with one attached hydrogen (secondary N) is 1. The molecule has 0 spiro atoms. The van der Waals surface area contributed by atoms with Gasteiger partial charge in [0.05, 0.1) is 16.3 Å². The first kappa shape index (κ1) is 13.8. The molecule has 0 aliphatic rings. The summed E-state index contributed by atoms with van der Waals surface area (Å²) in [5, 5.41) is 7.86. The lowest BCUT2D eigenvalue weighted by Crippen LogP contribution is -2.11. The average molecular weight is 303 g/mol. The molecule has 21 heavy (non-hydrogen) atoms. The Hall–Kier alpha value is -2.21. The maximum atomic E-state index is 13.8. The Balaban J connectivity index is 1.91. The van der Waals surface area contributed by atoms with Crippen molar-refractivity contribution in [3.8, 4) is 0 Å². The third kappa shape index (κ3) is 2.42. The van der Waals surface area contributed by atoms with Gasteiger partial charge in [-0.3, -0.25) is 9.48 Å². The summed E-state index contributed by atoms with van der Waals surface area (Å²) >= 11 is 1.35. The van der Waals surface area contributed by atoms with Crippen molar-refractivity contribution in [1.29, 1.82) is 0 Å². The quantitative estimate of drug-likeness (QED) is 0.785. The maximum Gasteiger partial charge on any atom is 0.265 e. The minimum absolute atomic E-state index is 0.193. The molecule has 1 amide bonds. The summed E-state index contributed by atoms with van der Waals surface area (Å²) in [6.07, 6.45) is 0. The van der Waals surface area contributed by atoms with E-state index >= 15 is 0 Å². The molecule has 3 aromatic rings. The lowest BCUT2D eigenvalue weighted by molar-refractivity contribution is 0.103. The highest BCUT2D eigenvalue weighted by atomic mass is 32.1. The second kappa shape index (κ2) is 4.96. The Morgan fingerprint density at radius 2 is 2.10 bits per heavy atom. The summed E-state index contributed by atoms with van der Waals surface area (Å²) in [5.41, 5.74) is 1.89. The number of anilines is 1. The first-order valence-electron chi connectivity index (χ1n) is 6.46. The number of carbonyl (C=O) groups excluding carboxylic acids is 1. The number of benzene rings is 1. The number of halogens is 1. The van der Waals surface area contributed by atoms with Crippen LogP contribution in [-0.2, 0) is 7.05 Å². The first-order chi connectivity index (χ1) is 9.95. The number of rotatable bonds is 2. The minimum Gasteiger partial charge on any atom is -0.319 e. The van der Waals surface area contributed by atoms with Crippen LogP contribution in [0.15, 0.2) is 24.3 Å². The van der Waals surface area contributed by atoms with Gasteiger partial charge in [-0.05, 0) is 37.6 Å². The van der Waals surface area contributed by atoms with Crippen LogP contribution in [0, 0.1) is 19.7 Å². The molecule has 2 aromatic heterocycles. The number of thiophene rings is 1. The number of hydrogen-bond acceptors (Lipinski definition) is 3. The molecule has 108 valence electrons. The molecule has 6 heteroatoms. The molecular weight excluding hydrogens is 289 g/mol. The first-order valence-corrected chi connectivity index (χ1v) is 7.28. The van der Waals surface area contributed by atoms with Gasteiger partial charge in [0.2, 0.25) is 0 Å². The molecule has 4 nitrogen and oxygen atoms in total. The van der Waals surface area contributed by atoms with Crippen molar-refractivity contribution in [3.63, 3.8) is 0 Å². The summed E-state index contributed by atoms with van der Waals surface area (Å²) in [6.45, 7) is 3.70. The molecule has 2 heterocycles. The Labute approximate surface area is 125 Å². The van der Waals surface area contributed by atoms with E-state index in [2.05, 4.69) is 10.4 Å². The normalized spacial score (nSPS) is 11.0. The fraction of sp³-hybridized carbons (Fsp3) is 0.200. The van der Waals surface area contributed by atoms with Crippen molar-refractivity contribution >= 4 is 33.1 Å². The van der Waals surface area contributed by atoms with E-state index in [0.29, 0.717) is 4.88 Å². The Morgan fingerprint density at radius 1 is 1.33 bits per heavy atom. The monoisotopic (exact) mass is 303 g/mol. The van der Waals surface area contributed by atoms with Crippen LogP contribution in [0.5, 0.6) is 0 Å². The van der Waals surface area contributed by atoms with Gasteiger partial charge in [-0.15, -0.1) is 11.3 Å². The second-order valence-electron chi connectivity index (χ2n) is 4.98. The molecule has 0 aliphatic carbocycles. The van der Waals surface area contributed by atoms with Crippen molar-refractivity contribution in [1.82, 2.24) is 9.78 Å². The van der Waals surface area contributed by atoms with E-state index in [1.54, 1.807) is 29.8 Å². The second-order valence-corrected chi connectivity index (χ2v) is 6.01. The van der Waals surface area contributed by atoms with Gasteiger partial charge < -0.3 is 5.32 Å². The van der Waals surface area contributed by atoms with Crippen LogP contribution in [0.3, 0.4) is 0 Å². The van der Waals surface area contributed by atoms with E-state index in [4.69, 9.17) is 0 Å². The number of carbonyl (C=O) groups is 1. The summed E-state index contributed by atoms with van der Waals surface area (Å²) in [6, 6.07) is 6.53. The fourth-order valence-electron chi connectivity index (χ4n) is 2.22. The van der Waals surface area contributed by atoms with Gasteiger partial charge in [0.15, 0.2) is 0 Å². The molecule has 0 atom stereocenters. The number of aromatic nitrogens is 2. The number of hydrogen-bond donors (Lipinski definition) is 1. The van der Waals surface area contributed by atoms with Gasteiger partial charge in [-0.1, -0.05) is 6.07 Å². The van der Waals surface area contributed by atoms with Crippen LogP contribution < -0.4 is 5.32 Å². The molecule has 0 saturated heterocycles. The van der Waals surface area contributed by atoms with Gasteiger partial charge >= 0.3 is 0 Å². The van der Waals surface area contributed by atoms with Crippen molar-refractivity contribution in [2.75, 3.05) is 5.32 Å². The van der Waals surface area contributed by atoms with Gasteiger partial charge in [-0.2, -0.15) is 5.10 Å². The summed E-state index contributed by atoms with van der Waals surface area (Å²) < 4.78 is 15.5. The fourth-order valence-corrected chi connectivity index (χ4v) is 3.24. The Kier molecular flexibility index (Phi) is 3.25. The molecule has 0 aliphatic heterocycles. The molecule has 3 rings (SSSR count). The van der Waals surface area contributed by atoms with Crippen LogP contribution >= 0.6 is 11.3 Å². The third-order valence-electron chi connectivity index (χ3n) is 3.29. The van der Waals surface area contributed by atoms with Gasteiger partial charge in [0.25, 0.3) is 5.91 Å². The van der Waals surface area contributed by atoms with E-state index < -0.39 is 5.82 Å². The van der Waals surface area contributed by atoms with Gasteiger partial charge in [-0.25, -0.2) is 4.39 Å². The summed E-state index contributed by atoms with van der Waals surface area (Å²) in [4.78, 5) is 13.7. The number of aryl methyl sites for hydroxylation is 3. The predicted molar refractivity (Wildman–Crippen MR) is 82.4 cm³/mol. The summed E-state index contributed by atoms with van der Waals surface area (Å²) in [5.74, 6) is -0.735. The van der Waals surface area contributed by atoms with Crippen molar-refractivity contribution in [3.05, 3.63) is 46.2 Å². The highest BCUT2D eigenvalue weighted by Gasteiger charge is 2.16. The minimum atomic E-state index is -0.428. The SMILES string of the molecule is Cc1ccc(NC(=O)c2cc3c(C)nn(C)c3s2)c(F)c1. The molecule has 0 unspecified atom stereocenters. The molecule has 0 fully saturated rings. The van der Waals surface area contributed by atoms with E-state index in [-0.39, 0.29) is 11.6 Å². The molecule has 0 saturated carbocycles. The van der Waals surface area contributed by atoms with E-state index in [9.17, 15) is 9.18 Å². The Morgan fingerprint density at radius 3 is 2.76 bits per heavy atom. The number of nitrogens with zero attached hydrogens (tertiary/aromatic N) is 2. The van der Waals surface area contributed by atoms with Crippen LogP contribution in [0.25, 0.3) is 10.2 Å². The number of fused-ring (bicyclic) bond motifs is 1. The van der Waals surface area contributed by atoms with Crippen molar-refractivity contribution < 1.29 is 9.18 Å². The van der Waals surface area contributed by atoms with Crippen LogP contribution in [-0.4, -0.2) is 15.7 Å². The van der Waals surface area contributed by atoms with Crippen molar-refractivity contribution in [2.45, 2.75) is 13.8 Å². The zero-order chi connectivity index (χ0) is 15.1. The van der Waals surface area contributed by atoms with E-state index in [1.165, 1.54) is 17.4 Å². The van der Waals surface area contributed by atoms with E-state index in [1.807, 2.05) is 14.0 Å². The molecule has 0 bridgehead atoms. The van der Waals surface area contributed by atoms with Crippen LogP contribution in [0.4, 0.5) is 10.1 Å². The topological polar surface area (TPSA) is 46.9 Å². The highest BCUT2D eigenvalue weighted by molar-refractivity contribution is 7.20. The lowest BCUT2D eigenvalue weighted by atomic mass is 10.2. The van der Waals surface area contributed by atoms with Crippen LogP contribution in [0.2, 0.25) is 0 Å². The largest absolute Gasteiger partial charge is 0.319 e. The lowest BCUT2D eigenvalue weighted by Gasteiger charge is -2.05. The predicted octanol–water partition coefficient (Wildman–Crippen LogP) is 3.64. The van der Waals surface area contributed by atoms with Gasteiger partial charge in [0.1, 0.15) is 10.6 Å². The zero-order valence-electron chi connectivity index (χ0n) is 11.9. The summed E-state index contributed by atoms with van der Waals surface area (Å²) in [7, 11) is 1.84. The molecule has 1 N–H and O–H groups in total. The Bertz CT molecular complexity index is 816. The smallest absolute Gasteiger partial charge is 0.265 e. The molecular formula is C15H14FN3OS. The van der Waals surface area contributed by atoms with Crippen LogP contribution in [0.1, 0.15) is 20.9 Å². The zero-order valence-corrected chi connectivity index (χ0v) is 12.7. The standard InChI is InChI=1S/C15H14FN3OS/c1-8-4-5-12(11(16)6-8)17-14(20)13-7-10-9(2)18-19(3)15(10)21-13/h4-7H,1-3H3,(H,17,20). The maximum absolute atomic E-state index is 13.8. The van der Waals surface area contributed by atoms with E-state index in [0.717, 1.165) is 21.5 Å². The van der Waals surface area contributed by atoms with Crippen molar-refractivity contribution in [2.24, 2.45) is 7.05 Å². The third-order valence-corrected chi connectivity index (χ3v) is 4.49. The highest BCUT2D eigenvalue weighted by Crippen LogP contribution is 2.28. The average Bonchev–Trinajstić information content (AvgIpc) is 2.96.